The van der Waals surface area contributed by atoms with Crippen LogP contribution < -0.4 is 0 Å². The van der Waals surface area contributed by atoms with Crippen LogP contribution in [-0.4, -0.2) is 29.5 Å². The third kappa shape index (κ3) is 3.44. The number of rotatable bonds is 2. The van der Waals surface area contributed by atoms with Gasteiger partial charge in [-0.1, -0.05) is 26.8 Å². The smallest absolute Gasteiger partial charge is 0.260 e. The van der Waals surface area contributed by atoms with Gasteiger partial charge in [0.1, 0.15) is 17.1 Å². The minimum atomic E-state index is -0.698. The molecule has 0 aromatic heterocycles. The maximum atomic E-state index is 13.5. The molecule has 1 rings (SSSR count). The Kier molecular flexibility index (Phi) is 3.76. The molecule has 0 bridgehead atoms. The molecule has 1 aromatic carbocycles. The van der Waals surface area contributed by atoms with E-state index in [1.54, 1.807) is 7.05 Å². The molecular formula is C13H18FNO2. The Bertz CT molecular complexity index is 404. The van der Waals surface area contributed by atoms with Crippen LogP contribution in [0.15, 0.2) is 18.2 Å². The zero-order valence-electron chi connectivity index (χ0n) is 10.6. The van der Waals surface area contributed by atoms with E-state index in [2.05, 4.69) is 0 Å². The lowest BCUT2D eigenvalue weighted by atomic mass is 9.96. The lowest BCUT2D eigenvalue weighted by molar-refractivity contribution is 0.0737. The minimum Gasteiger partial charge on any atom is -0.507 e. The fourth-order valence-electron chi connectivity index (χ4n) is 1.70. The molecule has 0 saturated heterocycles. The number of hydrogen-bond donors (Lipinski definition) is 1. The molecule has 0 unspecified atom stereocenters. The third-order valence-electron chi connectivity index (χ3n) is 2.26. The zero-order chi connectivity index (χ0) is 13.2. The summed E-state index contributed by atoms with van der Waals surface area (Å²) in [6.07, 6.45) is 0. The number of carbonyl (C=O) groups is 1. The van der Waals surface area contributed by atoms with Gasteiger partial charge in [0.15, 0.2) is 0 Å². The maximum Gasteiger partial charge on any atom is 0.260 e. The van der Waals surface area contributed by atoms with E-state index in [0.29, 0.717) is 6.54 Å². The number of phenolic OH excluding ortho intramolecular Hbond substituents is 1. The summed E-state index contributed by atoms with van der Waals surface area (Å²) in [5, 5.41) is 9.52. The highest BCUT2D eigenvalue weighted by molar-refractivity contribution is 5.96. The molecule has 0 saturated carbocycles. The van der Waals surface area contributed by atoms with E-state index in [0.717, 1.165) is 6.07 Å². The van der Waals surface area contributed by atoms with Crippen molar-refractivity contribution in [3.63, 3.8) is 0 Å². The number of phenols is 1. The van der Waals surface area contributed by atoms with Gasteiger partial charge in [-0.15, -0.1) is 0 Å². The Hall–Kier alpha value is -1.58. The summed E-state index contributed by atoms with van der Waals surface area (Å²) < 4.78 is 13.5. The van der Waals surface area contributed by atoms with Crippen LogP contribution in [0.1, 0.15) is 31.1 Å². The predicted molar refractivity (Wildman–Crippen MR) is 64.5 cm³/mol. The van der Waals surface area contributed by atoms with Crippen molar-refractivity contribution >= 4 is 5.91 Å². The van der Waals surface area contributed by atoms with E-state index in [4.69, 9.17) is 0 Å². The molecule has 1 aromatic rings. The van der Waals surface area contributed by atoms with Crippen LogP contribution in [0.2, 0.25) is 0 Å². The number of hydrogen-bond acceptors (Lipinski definition) is 2. The minimum absolute atomic E-state index is 0.0781. The Morgan fingerprint density at radius 3 is 2.47 bits per heavy atom. The van der Waals surface area contributed by atoms with E-state index in [9.17, 15) is 14.3 Å². The van der Waals surface area contributed by atoms with Gasteiger partial charge in [0.2, 0.25) is 0 Å². The first-order chi connectivity index (χ1) is 7.72. The van der Waals surface area contributed by atoms with Crippen LogP contribution in [-0.2, 0) is 0 Å². The van der Waals surface area contributed by atoms with E-state index in [1.807, 2.05) is 20.8 Å². The summed E-state index contributed by atoms with van der Waals surface area (Å²) in [5.41, 5.74) is -0.343. The van der Waals surface area contributed by atoms with Crippen LogP contribution in [0.5, 0.6) is 5.75 Å². The van der Waals surface area contributed by atoms with Crippen molar-refractivity contribution in [3.05, 3.63) is 29.6 Å². The van der Waals surface area contributed by atoms with Crippen molar-refractivity contribution in [2.24, 2.45) is 5.41 Å². The summed E-state index contributed by atoms with van der Waals surface area (Å²) in [7, 11) is 1.60. The van der Waals surface area contributed by atoms with Crippen molar-refractivity contribution < 1.29 is 14.3 Å². The van der Waals surface area contributed by atoms with Gasteiger partial charge in [0.25, 0.3) is 5.91 Å². The Balaban J connectivity index is 2.97. The zero-order valence-corrected chi connectivity index (χ0v) is 10.6. The molecule has 0 aliphatic carbocycles. The fourth-order valence-corrected chi connectivity index (χ4v) is 1.70. The summed E-state index contributed by atoms with van der Waals surface area (Å²) in [4.78, 5) is 13.4. The lowest BCUT2D eigenvalue weighted by Crippen LogP contribution is -2.35. The van der Waals surface area contributed by atoms with Gasteiger partial charge in [0.05, 0.1) is 0 Å². The van der Waals surface area contributed by atoms with Crippen molar-refractivity contribution in [1.82, 2.24) is 4.90 Å². The van der Waals surface area contributed by atoms with Gasteiger partial charge in [-0.2, -0.15) is 0 Å². The fraction of sp³-hybridized carbons (Fsp3) is 0.462. The molecule has 0 heterocycles. The molecule has 0 radical (unpaired) electrons. The first kappa shape index (κ1) is 13.5. The summed E-state index contributed by atoms with van der Waals surface area (Å²) in [6, 6.07) is 3.84. The highest BCUT2D eigenvalue weighted by Crippen LogP contribution is 2.23. The molecule has 1 amide bonds. The van der Waals surface area contributed by atoms with E-state index in [-0.39, 0.29) is 16.7 Å². The molecule has 0 fully saturated rings. The SMILES string of the molecule is CN(CC(C)(C)C)C(=O)c1c(O)cccc1F. The monoisotopic (exact) mass is 239 g/mol. The van der Waals surface area contributed by atoms with Crippen LogP contribution in [0.3, 0.4) is 0 Å². The second kappa shape index (κ2) is 4.73. The number of amides is 1. The van der Waals surface area contributed by atoms with Crippen molar-refractivity contribution in [2.45, 2.75) is 20.8 Å². The molecule has 1 N–H and O–H groups in total. The topological polar surface area (TPSA) is 40.5 Å². The van der Waals surface area contributed by atoms with Crippen LogP contribution >= 0.6 is 0 Å². The quantitative estimate of drug-likeness (QED) is 0.862. The molecular weight excluding hydrogens is 221 g/mol. The molecule has 0 aliphatic rings. The largest absolute Gasteiger partial charge is 0.507 e. The predicted octanol–water partition coefficient (Wildman–Crippen LogP) is 2.65. The molecule has 17 heavy (non-hydrogen) atoms. The summed E-state index contributed by atoms with van der Waals surface area (Å²) in [6.45, 7) is 6.44. The molecule has 94 valence electrons. The number of halogens is 1. The Morgan fingerprint density at radius 1 is 1.41 bits per heavy atom. The molecule has 0 atom stereocenters. The third-order valence-corrected chi connectivity index (χ3v) is 2.26. The first-order valence-corrected chi connectivity index (χ1v) is 5.45. The van der Waals surface area contributed by atoms with Crippen molar-refractivity contribution in [3.8, 4) is 5.75 Å². The Morgan fingerprint density at radius 2 is 2.00 bits per heavy atom. The van der Waals surface area contributed by atoms with E-state index in [1.165, 1.54) is 17.0 Å². The van der Waals surface area contributed by atoms with Gasteiger partial charge in [-0.25, -0.2) is 4.39 Å². The molecule has 4 heteroatoms. The number of nitrogens with zero attached hydrogens (tertiary/aromatic N) is 1. The highest BCUT2D eigenvalue weighted by atomic mass is 19.1. The van der Waals surface area contributed by atoms with Gasteiger partial charge in [-0.05, 0) is 17.5 Å². The van der Waals surface area contributed by atoms with Crippen LogP contribution in [0.4, 0.5) is 4.39 Å². The average molecular weight is 239 g/mol. The van der Waals surface area contributed by atoms with Crippen molar-refractivity contribution in [1.29, 1.82) is 0 Å². The number of carbonyl (C=O) groups excluding carboxylic acids is 1. The number of aromatic hydroxyl groups is 1. The van der Waals surface area contributed by atoms with Crippen molar-refractivity contribution in [2.75, 3.05) is 13.6 Å². The normalized spacial score (nSPS) is 11.4. The average Bonchev–Trinajstić information content (AvgIpc) is 2.14. The summed E-state index contributed by atoms with van der Waals surface area (Å²) in [5.74, 6) is -1.53. The van der Waals surface area contributed by atoms with Gasteiger partial charge >= 0.3 is 0 Å². The molecule has 3 nitrogen and oxygen atoms in total. The van der Waals surface area contributed by atoms with Gasteiger partial charge in [-0.3, -0.25) is 4.79 Å². The summed E-state index contributed by atoms with van der Waals surface area (Å²) >= 11 is 0. The van der Waals surface area contributed by atoms with Crippen LogP contribution in [0.25, 0.3) is 0 Å². The van der Waals surface area contributed by atoms with E-state index < -0.39 is 11.7 Å². The standard InChI is InChI=1S/C13H18FNO2/c1-13(2,3)8-15(4)12(17)11-9(14)6-5-7-10(11)16/h5-7,16H,8H2,1-4H3. The van der Waals surface area contributed by atoms with Gasteiger partial charge < -0.3 is 10.0 Å². The lowest BCUT2D eigenvalue weighted by Gasteiger charge is -2.26. The highest BCUT2D eigenvalue weighted by Gasteiger charge is 2.23. The van der Waals surface area contributed by atoms with Crippen LogP contribution in [0, 0.1) is 11.2 Å². The van der Waals surface area contributed by atoms with E-state index >= 15 is 0 Å². The second-order valence-corrected chi connectivity index (χ2v) is 5.36. The number of benzene rings is 1. The second-order valence-electron chi connectivity index (χ2n) is 5.36. The maximum absolute atomic E-state index is 13.5. The van der Waals surface area contributed by atoms with Gasteiger partial charge in [0, 0.05) is 13.6 Å². The molecule has 0 aliphatic heterocycles. The molecule has 0 spiro atoms. The Labute approximate surface area is 101 Å². The first-order valence-electron chi connectivity index (χ1n) is 5.45.